The van der Waals surface area contributed by atoms with Gasteiger partial charge in [0, 0.05) is 0 Å². The maximum atomic E-state index is 12.6. The molecular weight excluding hydrogens is 368 g/mol. The third-order valence-corrected chi connectivity index (χ3v) is 4.59. The molecule has 0 saturated heterocycles. The van der Waals surface area contributed by atoms with Crippen LogP contribution in [-0.4, -0.2) is 17.9 Å². The minimum absolute atomic E-state index is 0.264. The number of hydrogen-bond donors (Lipinski definition) is 2. The summed E-state index contributed by atoms with van der Waals surface area (Å²) in [5.41, 5.74) is 3.04. The van der Waals surface area contributed by atoms with Gasteiger partial charge in [-0.05, 0) is 68.3 Å². The third-order valence-electron chi connectivity index (χ3n) is 4.59. The van der Waals surface area contributed by atoms with Crippen LogP contribution in [0.3, 0.4) is 0 Å². The van der Waals surface area contributed by atoms with Gasteiger partial charge in [0.1, 0.15) is 11.5 Å². The molecule has 0 unspecified atom stereocenters. The van der Waals surface area contributed by atoms with E-state index in [2.05, 4.69) is 10.6 Å². The predicted molar refractivity (Wildman–Crippen MR) is 111 cm³/mol. The Hall–Kier alpha value is -3.54. The summed E-state index contributed by atoms with van der Waals surface area (Å²) in [5, 5.41) is 5.56. The molecule has 3 aromatic rings. The molecule has 1 aromatic heterocycles. The monoisotopic (exact) mass is 392 g/mol. The normalized spacial score (nSPS) is 11.6. The third kappa shape index (κ3) is 5.25. The Morgan fingerprint density at radius 2 is 1.83 bits per heavy atom. The molecule has 2 N–H and O–H groups in total. The molecule has 6 nitrogen and oxygen atoms in total. The maximum Gasteiger partial charge on any atom is 0.265 e. The summed E-state index contributed by atoms with van der Waals surface area (Å²) < 4.78 is 11.0. The van der Waals surface area contributed by atoms with Crippen LogP contribution in [0.1, 0.15) is 34.2 Å². The van der Waals surface area contributed by atoms with Crippen molar-refractivity contribution < 1.29 is 18.7 Å². The van der Waals surface area contributed by atoms with Gasteiger partial charge in [-0.1, -0.05) is 18.2 Å². The van der Waals surface area contributed by atoms with E-state index in [0.29, 0.717) is 22.8 Å². The molecule has 0 aliphatic heterocycles. The standard InChI is InChI=1S/C23H24N2O4/c1-15-10-11-18(13-16(15)2)29-17(3)22(26)25-21-9-5-4-8-20(21)23(27)24-14-19-7-6-12-28-19/h4-13,17H,14H2,1-3H3,(H,24,27)(H,25,26)/t17-/m0/s1. The van der Waals surface area contributed by atoms with E-state index in [1.54, 1.807) is 49.6 Å². The number of amides is 2. The second-order valence-corrected chi connectivity index (χ2v) is 6.80. The Morgan fingerprint density at radius 1 is 1.03 bits per heavy atom. The summed E-state index contributed by atoms with van der Waals surface area (Å²) >= 11 is 0. The van der Waals surface area contributed by atoms with Crippen molar-refractivity contribution in [3.8, 4) is 5.75 Å². The van der Waals surface area contributed by atoms with Crippen molar-refractivity contribution in [1.82, 2.24) is 5.32 Å². The number of aryl methyl sites for hydroxylation is 2. The van der Waals surface area contributed by atoms with E-state index in [4.69, 9.17) is 9.15 Å². The highest BCUT2D eigenvalue weighted by atomic mass is 16.5. The van der Waals surface area contributed by atoms with E-state index in [0.717, 1.165) is 11.1 Å². The molecule has 29 heavy (non-hydrogen) atoms. The van der Waals surface area contributed by atoms with Crippen LogP contribution in [0.15, 0.2) is 65.3 Å². The summed E-state index contributed by atoms with van der Waals surface area (Å²) in [4.78, 5) is 25.1. The first kappa shape index (κ1) is 20.2. The Bertz CT molecular complexity index is 996. The van der Waals surface area contributed by atoms with Gasteiger partial charge in [-0.15, -0.1) is 0 Å². The minimum Gasteiger partial charge on any atom is -0.481 e. The second-order valence-electron chi connectivity index (χ2n) is 6.80. The SMILES string of the molecule is Cc1ccc(O[C@@H](C)C(=O)Nc2ccccc2C(=O)NCc2ccco2)cc1C. The van der Waals surface area contributed by atoms with E-state index in [9.17, 15) is 9.59 Å². The first-order chi connectivity index (χ1) is 13.9. The topological polar surface area (TPSA) is 80.6 Å². The first-order valence-electron chi connectivity index (χ1n) is 9.38. The number of carbonyl (C=O) groups is 2. The van der Waals surface area contributed by atoms with Gasteiger partial charge in [-0.25, -0.2) is 0 Å². The molecule has 150 valence electrons. The number of para-hydroxylation sites is 1. The van der Waals surface area contributed by atoms with Gasteiger partial charge in [0.25, 0.3) is 11.8 Å². The van der Waals surface area contributed by atoms with E-state index in [1.807, 2.05) is 32.0 Å². The predicted octanol–water partition coefficient (Wildman–Crippen LogP) is 4.23. The molecule has 2 aromatic carbocycles. The average molecular weight is 392 g/mol. The molecule has 0 aliphatic carbocycles. The highest BCUT2D eigenvalue weighted by Crippen LogP contribution is 2.19. The Labute approximate surface area is 169 Å². The smallest absolute Gasteiger partial charge is 0.265 e. The maximum absolute atomic E-state index is 12.6. The van der Waals surface area contributed by atoms with Gasteiger partial charge in [0.05, 0.1) is 24.1 Å². The van der Waals surface area contributed by atoms with Crippen molar-refractivity contribution in [1.29, 1.82) is 0 Å². The number of nitrogens with one attached hydrogen (secondary N) is 2. The van der Waals surface area contributed by atoms with Crippen LogP contribution in [0.2, 0.25) is 0 Å². The summed E-state index contributed by atoms with van der Waals surface area (Å²) in [7, 11) is 0. The van der Waals surface area contributed by atoms with Crippen LogP contribution in [0.25, 0.3) is 0 Å². The molecule has 1 atom stereocenters. The Balaban J connectivity index is 1.65. The van der Waals surface area contributed by atoms with Crippen LogP contribution in [0.5, 0.6) is 5.75 Å². The molecule has 3 rings (SSSR count). The number of ether oxygens (including phenoxy) is 1. The lowest BCUT2D eigenvalue weighted by atomic mass is 10.1. The molecule has 2 amide bonds. The molecule has 0 fully saturated rings. The molecule has 0 spiro atoms. The zero-order valence-electron chi connectivity index (χ0n) is 16.7. The van der Waals surface area contributed by atoms with E-state index >= 15 is 0 Å². The molecule has 0 saturated carbocycles. The lowest BCUT2D eigenvalue weighted by molar-refractivity contribution is -0.122. The van der Waals surface area contributed by atoms with E-state index in [1.165, 1.54) is 0 Å². The van der Waals surface area contributed by atoms with Crippen LogP contribution in [-0.2, 0) is 11.3 Å². The molecule has 1 heterocycles. The van der Waals surface area contributed by atoms with Crippen molar-refractivity contribution in [2.75, 3.05) is 5.32 Å². The van der Waals surface area contributed by atoms with Crippen molar-refractivity contribution in [3.63, 3.8) is 0 Å². The van der Waals surface area contributed by atoms with Gasteiger partial charge < -0.3 is 19.8 Å². The van der Waals surface area contributed by atoms with Crippen molar-refractivity contribution >= 4 is 17.5 Å². The lowest BCUT2D eigenvalue weighted by Crippen LogP contribution is -2.31. The van der Waals surface area contributed by atoms with Gasteiger partial charge in [-0.2, -0.15) is 0 Å². The number of carbonyl (C=O) groups excluding carboxylic acids is 2. The molecule has 0 bridgehead atoms. The van der Waals surface area contributed by atoms with E-state index < -0.39 is 6.10 Å². The number of rotatable bonds is 7. The van der Waals surface area contributed by atoms with Crippen LogP contribution in [0, 0.1) is 13.8 Å². The number of furan rings is 1. The molecule has 6 heteroatoms. The zero-order chi connectivity index (χ0) is 20.8. The van der Waals surface area contributed by atoms with Gasteiger partial charge in [0.2, 0.25) is 0 Å². The van der Waals surface area contributed by atoms with Gasteiger partial charge in [-0.3, -0.25) is 9.59 Å². The summed E-state index contributed by atoms with van der Waals surface area (Å²) in [6, 6.07) is 16.1. The molecule has 0 aliphatic rings. The number of hydrogen-bond acceptors (Lipinski definition) is 4. The lowest BCUT2D eigenvalue weighted by Gasteiger charge is -2.17. The van der Waals surface area contributed by atoms with Crippen molar-refractivity contribution in [2.24, 2.45) is 0 Å². The average Bonchev–Trinajstić information content (AvgIpc) is 3.23. The molecular formula is C23H24N2O4. The van der Waals surface area contributed by atoms with E-state index in [-0.39, 0.29) is 18.4 Å². The largest absolute Gasteiger partial charge is 0.481 e. The van der Waals surface area contributed by atoms with Crippen molar-refractivity contribution in [2.45, 2.75) is 33.4 Å². The number of benzene rings is 2. The molecule has 0 radical (unpaired) electrons. The minimum atomic E-state index is -0.726. The summed E-state index contributed by atoms with van der Waals surface area (Å²) in [6.07, 6.45) is 0.823. The zero-order valence-corrected chi connectivity index (χ0v) is 16.7. The van der Waals surface area contributed by atoms with Gasteiger partial charge in [0.15, 0.2) is 6.10 Å². The fraction of sp³-hybridized carbons (Fsp3) is 0.217. The fourth-order valence-electron chi connectivity index (χ4n) is 2.75. The van der Waals surface area contributed by atoms with Crippen molar-refractivity contribution in [3.05, 3.63) is 83.3 Å². The summed E-state index contributed by atoms with van der Waals surface area (Å²) in [6.45, 7) is 5.94. The van der Waals surface area contributed by atoms with Crippen LogP contribution in [0.4, 0.5) is 5.69 Å². The highest BCUT2D eigenvalue weighted by molar-refractivity contribution is 6.04. The second kappa shape index (κ2) is 9.10. The van der Waals surface area contributed by atoms with Gasteiger partial charge >= 0.3 is 0 Å². The van der Waals surface area contributed by atoms with Crippen LogP contribution >= 0.6 is 0 Å². The quantitative estimate of drug-likeness (QED) is 0.630. The number of anilines is 1. The Kier molecular flexibility index (Phi) is 6.34. The van der Waals surface area contributed by atoms with Crippen LogP contribution < -0.4 is 15.4 Å². The highest BCUT2D eigenvalue weighted by Gasteiger charge is 2.18. The fourth-order valence-corrected chi connectivity index (χ4v) is 2.75. The first-order valence-corrected chi connectivity index (χ1v) is 9.38. The summed E-state index contributed by atoms with van der Waals surface area (Å²) in [5.74, 6) is 0.630. The Morgan fingerprint density at radius 3 is 2.55 bits per heavy atom.